The predicted octanol–water partition coefficient (Wildman–Crippen LogP) is 3.90. The lowest BCUT2D eigenvalue weighted by Crippen LogP contribution is -2.09. The maximum absolute atomic E-state index is 4.23. The Morgan fingerprint density at radius 3 is 2.73 bits per heavy atom. The van der Waals surface area contributed by atoms with Gasteiger partial charge >= 0.3 is 0 Å². The van der Waals surface area contributed by atoms with Crippen LogP contribution in [0.3, 0.4) is 0 Å². The lowest BCUT2D eigenvalue weighted by atomic mass is 9.78. The molecule has 0 heteroatoms. The molecule has 1 aromatic carbocycles. The SMILES string of the molecule is C=C1C2=CCCC=C2Cc2ccccc21. The van der Waals surface area contributed by atoms with Gasteiger partial charge in [0.25, 0.3) is 0 Å². The van der Waals surface area contributed by atoms with E-state index in [0.717, 1.165) is 6.42 Å². The van der Waals surface area contributed by atoms with Crippen molar-refractivity contribution in [3.8, 4) is 0 Å². The van der Waals surface area contributed by atoms with E-state index in [0.29, 0.717) is 0 Å². The fourth-order valence-corrected chi connectivity index (χ4v) is 2.53. The fraction of sp³-hybridized carbons (Fsp3) is 0.200. The predicted molar refractivity (Wildman–Crippen MR) is 64.6 cm³/mol. The van der Waals surface area contributed by atoms with Gasteiger partial charge in [0.1, 0.15) is 0 Å². The minimum absolute atomic E-state index is 1.08. The molecule has 0 saturated carbocycles. The second-order valence-corrected chi connectivity index (χ2v) is 4.24. The molecule has 0 atom stereocenters. The Hall–Kier alpha value is -1.56. The van der Waals surface area contributed by atoms with Gasteiger partial charge in [-0.3, -0.25) is 0 Å². The molecule has 0 N–H and O–H groups in total. The molecular weight excluding hydrogens is 180 g/mol. The van der Waals surface area contributed by atoms with Crippen molar-refractivity contribution in [1.82, 2.24) is 0 Å². The molecule has 74 valence electrons. The quantitative estimate of drug-likeness (QED) is 0.587. The second kappa shape index (κ2) is 3.23. The van der Waals surface area contributed by atoms with Crippen LogP contribution in [0.25, 0.3) is 5.57 Å². The van der Waals surface area contributed by atoms with Crippen LogP contribution >= 0.6 is 0 Å². The number of rotatable bonds is 0. The minimum Gasteiger partial charge on any atom is -0.0905 e. The molecule has 0 aliphatic heterocycles. The summed E-state index contributed by atoms with van der Waals surface area (Å²) in [4.78, 5) is 0. The van der Waals surface area contributed by atoms with Gasteiger partial charge in [0.05, 0.1) is 0 Å². The largest absolute Gasteiger partial charge is 0.0905 e. The van der Waals surface area contributed by atoms with Crippen LogP contribution in [-0.2, 0) is 6.42 Å². The maximum atomic E-state index is 4.23. The summed E-state index contributed by atoms with van der Waals surface area (Å²) >= 11 is 0. The lowest BCUT2D eigenvalue weighted by molar-refractivity contribution is 0.967. The summed E-state index contributed by atoms with van der Waals surface area (Å²) in [5.41, 5.74) is 6.84. The fourth-order valence-electron chi connectivity index (χ4n) is 2.53. The zero-order chi connectivity index (χ0) is 10.3. The van der Waals surface area contributed by atoms with Gasteiger partial charge in [0, 0.05) is 0 Å². The molecule has 2 aliphatic rings. The molecule has 15 heavy (non-hydrogen) atoms. The molecular formula is C15H14. The first-order valence-corrected chi connectivity index (χ1v) is 5.53. The Bertz CT molecular complexity index is 487. The molecule has 0 spiro atoms. The molecule has 0 radical (unpaired) electrons. The molecule has 0 heterocycles. The number of hydrogen-bond donors (Lipinski definition) is 0. The summed E-state index contributed by atoms with van der Waals surface area (Å²) in [5.74, 6) is 0. The van der Waals surface area contributed by atoms with Gasteiger partial charge in [-0.25, -0.2) is 0 Å². The summed E-state index contributed by atoms with van der Waals surface area (Å²) in [6.07, 6.45) is 8.15. The van der Waals surface area contributed by atoms with Gasteiger partial charge < -0.3 is 0 Å². The molecule has 1 aromatic rings. The van der Waals surface area contributed by atoms with Crippen molar-refractivity contribution in [3.05, 3.63) is 65.3 Å². The summed E-state index contributed by atoms with van der Waals surface area (Å²) in [5, 5.41) is 0. The van der Waals surface area contributed by atoms with Crippen molar-refractivity contribution in [3.63, 3.8) is 0 Å². The van der Waals surface area contributed by atoms with Crippen LogP contribution in [0.5, 0.6) is 0 Å². The third kappa shape index (κ3) is 1.29. The number of allylic oxidation sites excluding steroid dienone is 5. The average Bonchev–Trinajstić information content (AvgIpc) is 2.30. The van der Waals surface area contributed by atoms with E-state index in [1.807, 2.05) is 0 Å². The molecule has 0 bridgehead atoms. The van der Waals surface area contributed by atoms with Crippen LogP contribution in [0, 0.1) is 0 Å². The third-order valence-electron chi connectivity index (χ3n) is 3.30. The highest BCUT2D eigenvalue weighted by Crippen LogP contribution is 2.39. The first kappa shape index (κ1) is 8.72. The molecule has 3 rings (SSSR count). The Kier molecular flexibility index (Phi) is 1.88. The summed E-state index contributed by atoms with van der Waals surface area (Å²) in [7, 11) is 0. The Balaban J connectivity index is 2.19. The molecule has 0 unspecified atom stereocenters. The number of benzene rings is 1. The highest BCUT2D eigenvalue weighted by Gasteiger charge is 2.21. The lowest BCUT2D eigenvalue weighted by Gasteiger charge is -2.26. The molecule has 0 saturated heterocycles. The summed E-state index contributed by atoms with van der Waals surface area (Å²) in [6.45, 7) is 4.23. The number of fused-ring (bicyclic) bond motifs is 2. The average molecular weight is 194 g/mol. The van der Waals surface area contributed by atoms with Crippen LogP contribution in [-0.4, -0.2) is 0 Å². The molecule has 2 aliphatic carbocycles. The van der Waals surface area contributed by atoms with Crippen molar-refractivity contribution in [2.24, 2.45) is 0 Å². The van der Waals surface area contributed by atoms with E-state index in [4.69, 9.17) is 0 Å². The first-order chi connectivity index (χ1) is 7.36. The highest BCUT2D eigenvalue weighted by atomic mass is 14.2. The van der Waals surface area contributed by atoms with Crippen molar-refractivity contribution < 1.29 is 0 Å². The van der Waals surface area contributed by atoms with Gasteiger partial charge in [-0.05, 0) is 47.1 Å². The Morgan fingerprint density at radius 1 is 1.00 bits per heavy atom. The van der Waals surface area contributed by atoms with E-state index in [1.165, 1.54) is 40.7 Å². The normalized spacial score (nSPS) is 18.8. The van der Waals surface area contributed by atoms with Gasteiger partial charge in [0.2, 0.25) is 0 Å². The van der Waals surface area contributed by atoms with Gasteiger partial charge in [-0.1, -0.05) is 43.0 Å². The molecule has 0 amide bonds. The first-order valence-electron chi connectivity index (χ1n) is 5.53. The van der Waals surface area contributed by atoms with E-state index >= 15 is 0 Å². The van der Waals surface area contributed by atoms with E-state index in [1.54, 1.807) is 0 Å². The van der Waals surface area contributed by atoms with Crippen molar-refractivity contribution in [2.45, 2.75) is 19.3 Å². The third-order valence-corrected chi connectivity index (χ3v) is 3.30. The molecule has 0 aromatic heterocycles. The maximum Gasteiger partial charge on any atom is -0.00167 e. The van der Waals surface area contributed by atoms with Crippen molar-refractivity contribution in [2.75, 3.05) is 0 Å². The van der Waals surface area contributed by atoms with Gasteiger partial charge in [0.15, 0.2) is 0 Å². The van der Waals surface area contributed by atoms with Crippen molar-refractivity contribution >= 4 is 5.57 Å². The van der Waals surface area contributed by atoms with Gasteiger partial charge in [-0.15, -0.1) is 0 Å². The highest BCUT2D eigenvalue weighted by molar-refractivity contribution is 5.86. The standard InChI is InChI=1S/C15H14/c1-11-14-8-4-2-6-12(14)10-13-7-3-5-9-15(11)13/h2,4,6-9H,1,3,5,10H2. The van der Waals surface area contributed by atoms with Crippen LogP contribution < -0.4 is 0 Å². The summed E-state index contributed by atoms with van der Waals surface area (Å²) in [6, 6.07) is 8.61. The minimum atomic E-state index is 1.08. The van der Waals surface area contributed by atoms with E-state index in [-0.39, 0.29) is 0 Å². The van der Waals surface area contributed by atoms with E-state index in [9.17, 15) is 0 Å². The zero-order valence-electron chi connectivity index (χ0n) is 8.79. The van der Waals surface area contributed by atoms with Crippen molar-refractivity contribution in [1.29, 1.82) is 0 Å². The Morgan fingerprint density at radius 2 is 1.80 bits per heavy atom. The van der Waals surface area contributed by atoms with Gasteiger partial charge in [-0.2, -0.15) is 0 Å². The van der Waals surface area contributed by atoms with Crippen LogP contribution in [0.1, 0.15) is 24.0 Å². The van der Waals surface area contributed by atoms with E-state index < -0.39 is 0 Å². The van der Waals surface area contributed by atoms with E-state index in [2.05, 4.69) is 43.0 Å². The topological polar surface area (TPSA) is 0 Å². The number of hydrogen-bond acceptors (Lipinski definition) is 0. The summed E-state index contributed by atoms with van der Waals surface area (Å²) < 4.78 is 0. The molecule has 0 fully saturated rings. The second-order valence-electron chi connectivity index (χ2n) is 4.24. The van der Waals surface area contributed by atoms with Crippen LogP contribution in [0.2, 0.25) is 0 Å². The monoisotopic (exact) mass is 194 g/mol. The van der Waals surface area contributed by atoms with Crippen LogP contribution in [0.4, 0.5) is 0 Å². The zero-order valence-corrected chi connectivity index (χ0v) is 8.79. The Labute approximate surface area is 90.6 Å². The molecule has 0 nitrogen and oxygen atoms in total. The smallest absolute Gasteiger partial charge is 0.00167 e. The van der Waals surface area contributed by atoms with Crippen LogP contribution in [0.15, 0.2) is 54.1 Å².